The number of anilines is 1. The van der Waals surface area contributed by atoms with E-state index in [1.807, 2.05) is 6.08 Å². The number of benzene rings is 1. The largest absolute Gasteiger partial charge is 0.416 e. The van der Waals surface area contributed by atoms with Gasteiger partial charge in [0, 0.05) is 11.7 Å². The van der Waals surface area contributed by atoms with Crippen molar-refractivity contribution in [2.45, 2.75) is 37.7 Å². The Bertz CT molecular complexity index is 497. The fraction of sp³-hybridized carbons (Fsp3) is 0.429. The van der Waals surface area contributed by atoms with Gasteiger partial charge in [-0.15, -0.1) is 0 Å². The topological polar surface area (TPSA) is 12.0 Å². The van der Waals surface area contributed by atoms with Crippen LogP contribution in [0.5, 0.6) is 0 Å². The van der Waals surface area contributed by atoms with Crippen molar-refractivity contribution in [2.24, 2.45) is 0 Å². The van der Waals surface area contributed by atoms with Crippen LogP contribution in [0.15, 0.2) is 30.4 Å². The summed E-state index contributed by atoms with van der Waals surface area (Å²) in [4.78, 5) is 0. The zero-order chi connectivity index (χ0) is 15.7. The maximum absolute atomic E-state index is 12.7. The van der Waals surface area contributed by atoms with Crippen LogP contribution in [-0.2, 0) is 12.4 Å². The first-order chi connectivity index (χ1) is 9.66. The Morgan fingerprint density at radius 1 is 0.905 bits per heavy atom. The van der Waals surface area contributed by atoms with E-state index in [0.29, 0.717) is 18.6 Å². The molecule has 1 unspecified atom stereocenters. The van der Waals surface area contributed by atoms with Gasteiger partial charge >= 0.3 is 12.4 Å². The van der Waals surface area contributed by atoms with Gasteiger partial charge in [0.15, 0.2) is 0 Å². The van der Waals surface area contributed by atoms with Crippen LogP contribution < -0.4 is 5.32 Å². The van der Waals surface area contributed by atoms with Gasteiger partial charge in [0.1, 0.15) is 0 Å². The highest BCUT2D eigenvalue weighted by Gasteiger charge is 2.37. The molecule has 1 aliphatic rings. The lowest BCUT2D eigenvalue weighted by molar-refractivity contribution is -0.143. The van der Waals surface area contributed by atoms with Crippen LogP contribution in [0.1, 0.15) is 30.4 Å². The van der Waals surface area contributed by atoms with Crippen molar-refractivity contribution >= 4 is 5.69 Å². The first-order valence-electron chi connectivity index (χ1n) is 6.39. The molecule has 1 aromatic rings. The highest BCUT2D eigenvalue weighted by atomic mass is 19.4. The lowest BCUT2D eigenvalue weighted by Gasteiger charge is -2.21. The van der Waals surface area contributed by atoms with Crippen molar-refractivity contribution in [3.63, 3.8) is 0 Å². The van der Waals surface area contributed by atoms with E-state index in [-0.39, 0.29) is 17.8 Å². The molecule has 0 bridgehead atoms. The van der Waals surface area contributed by atoms with Crippen molar-refractivity contribution in [1.29, 1.82) is 0 Å². The average Bonchev–Trinajstić information content (AvgIpc) is 2.37. The number of alkyl halides is 6. The van der Waals surface area contributed by atoms with Gasteiger partial charge in [-0.3, -0.25) is 0 Å². The summed E-state index contributed by atoms with van der Waals surface area (Å²) < 4.78 is 76.2. The molecular formula is C14H13F6N. The van der Waals surface area contributed by atoms with E-state index in [4.69, 9.17) is 0 Å². The molecule has 21 heavy (non-hydrogen) atoms. The van der Waals surface area contributed by atoms with E-state index in [2.05, 4.69) is 5.32 Å². The molecule has 2 rings (SSSR count). The zero-order valence-electron chi connectivity index (χ0n) is 10.9. The summed E-state index contributed by atoms with van der Waals surface area (Å²) in [5.74, 6) is 0. The molecular weight excluding hydrogens is 296 g/mol. The molecule has 1 N–H and O–H groups in total. The normalized spacial score (nSPS) is 19.6. The quantitative estimate of drug-likeness (QED) is 0.581. The van der Waals surface area contributed by atoms with Crippen LogP contribution in [0.2, 0.25) is 0 Å². The molecule has 1 atom stereocenters. The zero-order valence-corrected chi connectivity index (χ0v) is 10.9. The van der Waals surface area contributed by atoms with Crippen molar-refractivity contribution < 1.29 is 26.3 Å². The Labute approximate surface area is 117 Å². The van der Waals surface area contributed by atoms with E-state index in [9.17, 15) is 26.3 Å². The SMILES string of the molecule is FC(F)(F)c1cc(NC2C=CCCC2)cc(C(F)(F)F)c1. The average molecular weight is 309 g/mol. The van der Waals surface area contributed by atoms with Crippen LogP contribution >= 0.6 is 0 Å². The number of hydrogen-bond donors (Lipinski definition) is 1. The van der Waals surface area contributed by atoms with Crippen molar-refractivity contribution in [1.82, 2.24) is 0 Å². The molecule has 1 aromatic carbocycles. The Morgan fingerprint density at radius 3 is 1.90 bits per heavy atom. The Hall–Kier alpha value is -1.66. The summed E-state index contributed by atoms with van der Waals surface area (Å²) >= 11 is 0. The second kappa shape index (κ2) is 5.61. The maximum atomic E-state index is 12.7. The molecule has 1 nitrogen and oxygen atoms in total. The number of allylic oxidation sites excluding steroid dienone is 1. The molecule has 0 spiro atoms. The maximum Gasteiger partial charge on any atom is 0.416 e. The summed E-state index contributed by atoms with van der Waals surface area (Å²) in [6.07, 6.45) is -3.63. The second-order valence-corrected chi connectivity index (χ2v) is 4.90. The van der Waals surface area contributed by atoms with Crippen LogP contribution in [0.25, 0.3) is 0 Å². The number of nitrogens with one attached hydrogen (secondary N) is 1. The van der Waals surface area contributed by atoms with Gasteiger partial charge in [-0.1, -0.05) is 12.2 Å². The van der Waals surface area contributed by atoms with Crippen LogP contribution in [0, 0.1) is 0 Å². The Morgan fingerprint density at radius 2 is 1.48 bits per heavy atom. The van der Waals surface area contributed by atoms with Gasteiger partial charge in [0.05, 0.1) is 11.1 Å². The van der Waals surface area contributed by atoms with Crippen molar-refractivity contribution in [2.75, 3.05) is 5.32 Å². The lowest BCUT2D eigenvalue weighted by Crippen LogP contribution is -2.20. The minimum atomic E-state index is -4.82. The Kier molecular flexibility index (Phi) is 4.20. The van der Waals surface area contributed by atoms with Gasteiger partial charge in [-0.2, -0.15) is 26.3 Å². The third-order valence-electron chi connectivity index (χ3n) is 3.19. The smallest absolute Gasteiger partial charge is 0.379 e. The number of rotatable bonds is 2. The van der Waals surface area contributed by atoms with Gasteiger partial charge in [-0.25, -0.2) is 0 Å². The highest BCUT2D eigenvalue weighted by Crippen LogP contribution is 2.37. The molecule has 0 heterocycles. The summed E-state index contributed by atoms with van der Waals surface area (Å²) in [6.45, 7) is 0. The fourth-order valence-electron chi connectivity index (χ4n) is 2.18. The molecule has 0 saturated heterocycles. The van der Waals surface area contributed by atoms with E-state index in [0.717, 1.165) is 12.8 Å². The predicted octanol–water partition coefficient (Wildman–Crippen LogP) is 5.24. The van der Waals surface area contributed by atoms with Crippen molar-refractivity contribution in [3.8, 4) is 0 Å². The third kappa shape index (κ3) is 4.15. The predicted molar refractivity (Wildman–Crippen MR) is 66.8 cm³/mol. The van der Waals surface area contributed by atoms with Gasteiger partial charge in [-0.05, 0) is 37.5 Å². The number of hydrogen-bond acceptors (Lipinski definition) is 1. The fourth-order valence-corrected chi connectivity index (χ4v) is 2.18. The van der Waals surface area contributed by atoms with Crippen LogP contribution in [0.3, 0.4) is 0 Å². The minimum Gasteiger partial charge on any atom is -0.379 e. The molecule has 0 fully saturated rings. The first-order valence-corrected chi connectivity index (χ1v) is 6.39. The first kappa shape index (κ1) is 15.7. The molecule has 0 amide bonds. The molecule has 0 radical (unpaired) electrons. The van der Waals surface area contributed by atoms with Crippen LogP contribution in [-0.4, -0.2) is 6.04 Å². The van der Waals surface area contributed by atoms with Crippen LogP contribution in [0.4, 0.5) is 32.0 Å². The summed E-state index contributed by atoms with van der Waals surface area (Å²) in [7, 11) is 0. The number of halogens is 6. The summed E-state index contributed by atoms with van der Waals surface area (Å²) in [6, 6.07) is 1.29. The minimum absolute atomic E-state index is 0.127. The van der Waals surface area contributed by atoms with Gasteiger partial charge in [0.25, 0.3) is 0 Å². The van der Waals surface area contributed by atoms with E-state index < -0.39 is 23.5 Å². The van der Waals surface area contributed by atoms with Gasteiger partial charge < -0.3 is 5.32 Å². The molecule has 7 heteroatoms. The Balaban J connectivity index is 2.35. The summed E-state index contributed by atoms with van der Waals surface area (Å²) in [5, 5.41) is 2.72. The van der Waals surface area contributed by atoms with E-state index in [1.54, 1.807) is 6.08 Å². The molecule has 0 aliphatic heterocycles. The molecule has 116 valence electrons. The molecule has 1 aliphatic carbocycles. The third-order valence-corrected chi connectivity index (χ3v) is 3.19. The van der Waals surface area contributed by atoms with E-state index in [1.165, 1.54) is 0 Å². The monoisotopic (exact) mass is 309 g/mol. The second-order valence-electron chi connectivity index (χ2n) is 4.90. The molecule has 0 aromatic heterocycles. The lowest BCUT2D eigenvalue weighted by atomic mass is 10.0. The van der Waals surface area contributed by atoms with Crippen molar-refractivity contribution in [3.05, 3.63) is 41.5 Å². The molecule has 0 saturated carbocycles. The van der Waals surface area contributed by atoms with Gasteiger partial charge in [0.2, 0.25) is 0 Å². The standard InChI is InChI=1S/C14H13F6N/c15-13(16,17)9-6-10(14(18,19)20)8-12(7-9)21-11-4-2-1-3-5-11/h2,4,6-8,11,21H,1,3,5H2. The summed E-state index contributed by atoms with van der Waals surface area (Å²) in [5.41, 5.74) is -2.78. The van der Waals surface area contributed by atoms with E-state index >= 15 is 0 Å². The highest BCUT2D eigenvalue weighted by molar-refractivity contribution is 5.51.